The van der Waals surface area contributed by atoms with Crippen LogP contribution >= 0.6 is 0 Å². The highest BCUT2D eigenvalue weighted by Crippen LogP contribution is 2.43. The number of carbonyl (C=O) groups is 1. The maximum atomic E-state index is 15.6. The number of rotatable bonds is 6. The van der Waals surface area contributed by atoms with Gasteiger partial charge < -0.3 is 19.4 Å². The molecule has 5 aromatic rings. The fourth-order valence-corrected chi connectivity index (χ4v) is 5.54. The molecule has 0 saturated heterocycles. The van der Waals surface area contributed by atoms with Crippen LogP contribution < -0.4 is 10.2 Å². The van der Waals surface area contributed by atoms with Gasteiger partial charge in [-0.1, -0.05) is 6.07 Å². The van der Waals surface area contributed by atoms with Crippen LogP contribution in [-0.4, -0.2) is 35.2 Å². The van der Waals surface area contributed by atoms with Gasteiger partial charge in [0, 0.05) is 24.6 Å². The lowest BCUT2D eigenvalue weighted by atomic mass is 10.1. The van der Waals surface area contributed by atoms with E-state index in [0.29, 0.717) is 28.7 Å². The summed E-state index contributed by atoms with van der Waals surface area (Å²) in [6, 6.07) is 11.4. The Morgan fingerprint density at radius 2 is 1.81 bits per heavy atom. The first-order valence-corrected chi connectivity index (χ1v) is 14.0. The van der Waals surface area contributed by atoms with Crippen molar-refractivity contribution in [2.24, 2.45) is 0 Å². The van der Waals surface area contributed by atoms with Gasteiger partial charge in [-0.3, -0.25) is 4.79 Å². The van der Waals surface area contributed by atoms with Gasteiger partial charge in [0.25, 0.3) is 5.91 Å². The number of carbonyl (C=O) groups excluding carboxylic acids is 1. The van der Waals surface area contributed by atoms with Gasteiger partial charge in [0.05, 0.1) is 41.2 Å². The van der Waals surface area contributed by atoms with Gasteiger partial charge in [-0.25, -0.2) is 23.1 Å². The molecule has 1 aliphatic carbocycles. The van der Waals surface area contributed by atoms with E-state index in [1.54, 1.807) is 35.8 Å². The minimum absolute atomic E-state index is 0.0997. The van der Waals surface area contributed by atoms with E-state index >= 15 is 4.39 Å². The van der Waals surface area contributed by atoms with E-state index in [-0.39, 0.29) is 36.2 Å². The second-order valence-corrected chi connectivity index (χ2v) is 11.2. The molecule has 0 unspecified atom stereocenters. The second-order valence-electron chi connectivity index (χ2n) is 11.2. The first kappa shape index (κ1) is 26.9. The maximum absolute atomic E-state index is 15.6. The highest BCUT2D eigenvalue weighted by molar-refractivity contribution is 6.04. The highest BCUT2D eigenvalue weighted by Gasteiger charge is 2.33. The van der Waals surface area contributed by atoms with Crippen LogP contribution in [0.4, 0.5) is 24.7 Å². The lowest BCUT2D eigenvalue weighted by molar-refractivity contribution is 0.102. The van der Waals surface area contributed by atoms with Crippen molar-refractivity contribution in [3.05, 3.63) is 101 Å². The molecule has 0 bridgehead atoms. The third kappa shape index (κ3) is 4.92. The number of aromatic nitrogens is 6. The van der Waals surface area contributed by atoms with E-state index in [1.807, 2.05) is 23.0 Å². The average Bonchev–Trinajstić information content (AvgIpc) is 3.58. The van der Waals surface area contributed by atoms with Crippen molar-refractivity contribution in [2.75, 3.05) is 10.2 Å². The molecule has 12 heteroatoms. The molecule has 7 rings (SSSR count). The monoisotopic (exact) mass is 584 g/mol. The van der Waals surface area contributed by atoms with Gasteiger partial charge in [0.15, 0.2) is 5.82 Å². The molecule has 0 atom stereocenters. The number of fused-ring (bicyclic) bond motifs is 3. The van der Waals surface area contributed by atoms with Crippen LogP contribution in [0, 0.1) is 17.5 Å². The normalized spacial score (nSPS) is 14.4. The van der Waals surface area contributed by atoms with Crippen molar-refractivity contribution in [2.45, 2.75) is 51.7 Å². The smallest absolute Gasteiger partial charge is 0.259 e. The SMILES string of the molecule is CC(C)n1cnnc1-c1cccc(NC(=O)c2cc3c(cc2F)CN(c2ccc(F)cc2F)Cc2c(C4CC4)ncn2-3)n1. The van der Waals surface area contributed by atoms with Crippen molar-refractivity contribution >= 4 is 17.4 Å². The number of imidazole rings is 1. The summed E-state index contributed by atoms with van der Waals surface area (Å²) in [5.74, 6) is -1.73. The Morgan fingerprint density at radius 1 is 0.977 bits per heavy atom. The first-order chi connectivity index (χ1) is 20.8. The van der Waals surface area contributed by atoms with Crippen molar-refractivity contribution in [3.8, 4) is 17.2 Å². The van der Waals surface area contributed by atoms with Crippen molar-refractivity contribution < 1.29 is 18.0 Å². The number of pyridine rings is 1. The third-order valence-corrected chi connectivity index (χ3v) is 7.84. The Hall–Kier alpha value is -5.00. The molecule has 1 aliphatic heterocycles. The summed E-state index contributed by atoms with van der Waals surface area (Å²) in [7, 11) is 0. The van der Waals surface area contributed by atoms with Gasteiger partial charge in [-0.15, -0.1) is 10.2 Å². The van der Waals surface area contributed by atoms with Gasteiger partial charge in [-0.2, -0.15) is 0 Å². The number of benzene rings is 2. The van der Waals surface area contributed by atoms with Crippen LogP contribution in [0.1, 0.15) is 66.0 Å². The standard InChI is InChI=1S/C31H27F3N8O/c1-17(2)41-16-36-39-30(41)24-4-3-5-28(37-24)38-31(43)21-12-26-19(10-22(21)33)13-40(25-9-8-20(32)11-23(25)34)14-27-29(18-6-7-18)35-15-42(26)27/h3-5,8-12,15-18H,6-7,13-14H2,1-2H3,(H,37,38,43). The molecule has 1 fully saturated rings. The highest BCUT2D eigenvalue weighted by atomic mass is 19.1. The Bertz CT molecular complexity index is 1880. The van der Waals surface area contributed by atoms with Gasteiger partial charge in [0.2, 0.25) is 0 Å². The summed E-state index contributed by atoms with van der Waals surface area (Å²) in [6.45, 7) is 4.41. The zero-order chi connectivity index (χ0) is 29.8. The number of anilines is 2. The van der Waals surface area contributed by atoms with Crippen molar-refractivity contribution in [3.63, 3.8) is 0 Å². The summed E-state index contributed by atoms with van der Waals surface area (Å²) < 4.78 is 47.9. The first-order valence-electron chi connectivity index (χ1n) is 14.0. The van der Waals surface area contributed by atoms with Crippen molar-refractivity contribution in [1.29, 1.82) is 0 Å². The predicted molar refractivity (Wildman–Crippen MR) is 153 cm³/mol. The molecule has 2 aliphatic rings. The molecule has 2 aromatic carbocycles. The molecular weight excluding hydrogens is 557 g/mol. The molecule has 1 N–H and O–H groups in total. The summed E-state index contributed by atoms with van der Waals surface area (Å²) in [5.41, 5.74) is 3.35. The van der Waals surface area contributed by atoms with E-state index in [4.69, 9.17) is 0 Å². The van der Waals surface area contributed by atoms with Crippen LogP contribution in [0.25, 0.3) is 17.2 Å². The Morgan fingerprint density at radius 3 is 2.58 bits per heavy atom. The van der Waals surface area contributed by atoms with Gasteiger partial charge in [0.1, 0.15) is 35.3 Å². The number of nitrogens with one attached hydrogen (secondary N) is 1. The number of amides is 1. The third-order valence-electron chi connectivity index (χ3n) is 7.84. The van der Waals surface area contributed by atoms with Crippen LogP contribution in [0.15, 0.2) is 61.2 Å². The lowest BCUT2D eigenvalue weighted by Gasteiger charge is -2.24. The fourth-order valence-electron chi connectivity index (χ4n) is 5.54. The zero-order valence-electron chi connectivity index (χ0n) is 23.4. The molecule has 9 nitrogen and oxygen atoms in total. The number of hydrogen-bond donors (Lipinski definition) is 1. The molecule has 1 saturated carbocycles. The summed E-state index contributed by atoms with van der Waals surface area (Å²) in [5, 5.41) is 10.8. The molecule has 3 aromatic heterocycles. The lowest BCUT2D eigenvalue weighted by Crippen LogP contribution is -2.23. The Kier molecular flexibility index (Phi) is 6.48. The minimum Gasteiger partial charge on any atom is -0.359 e. The van der Waals surface area contributed by atoms with E-state index in [2.05, 4.69) is 25.5 Å². The Labute approximate surface area is 245 Å². The molecule has 4 heterocycles. The van der Waals surface area contributed by atoms with Gasteiger partial charge in [-0.05, 0) is 68.7 Å². The molecule has 218 valence electrons. The maximum Gasteiger partial charge on any atom is 0.259 e. The van der Waals surface area contributed by atoms with Crippen LogP contribution in [0.5, 0.6) is 0 Å². The Balaban J connectivity index is 1.25. The summed E-state index contributed by atoms with van der Waals surface area (Å²) in [4.78, 5) is 24.3. The van der Waals surface area contributed by atoms with Crippen LogP contribution in [0.2, 0.25) is 0 Å². The molecule has 0 radical (unpaired) electrons. The predicted octanol–water partition coefficient (Wildman–Crippen LogP) is 6.17. The molecule has 0 spiro atoms. The zero-order valence-corrected chi connectivity index (χ0v) is 23.4. The van der Waals surface area contributed by atoms with E-state index in [1.165, 1.54) is 24.3 Å². The largest absolute Gasteiger partial charge is 0.359 e. The van der Waals surface area contributed by atoms with E-state index in [9.17, 15) is 13.6 Å². The molecular formula is C31H27F3N8O. The number of nitrogens with zero attached hydrogens (tertiary/aromatic N) is 7. The molecule has 43 heavy (non-hydrogen) atoms. The van der Waals surface area contributed by atoms with Crippen LogP contribution in [-0.2, 0) is 13.1 Å². The van der Waals surface area contributed by atoms with Gasteiger partial charge >= 0.3 is 0 Å². The average molecular weight is 585 g/mol. The summed E-state index contributed by atoms with van der Waals surface area (Å²) in [6.07, 6.45) is 5.28. The quantitative estimate of drug-likeness (QED) is 0.257. The van der Waals surface area contributed by atoms with E-state index < -0.39 is 23.4 Å². The number of halogens is 3. The van der Waals surface area contributed by atoms with E-state index in [0.717, 1.165) is 30.3 Å². The topological polar surface area (TPSA) is 93.8 Å². The fraction of sp³-hybridized carbons (Fsp3) is 0.258. The molecule has 1 amide bonds. The summed E-state index contributed by atoms with van der Waals surface area (Å²) >= 11 is 0. The van der Waals surface area contributed by atoms with Crippen molar-refractivity contribution in [1.82, 2.24) is 29.3 Å². The van der Waals surface area contributed by atoms with Crippen LogP contribution in [0.3, 0.4) is 0 Å². The number of hydrogen-bond acceptors (Lipinski definition) is 6. The minimum atomic E-state index is -0.738. The second kappa shape index (κ2) is 10.4.